The van der Waals surface area contributed by atoms with Gasteiger partial charge in [0.05, 0.1) is 12.6 Å². The number of para-hydroxylation sites is 1. The maximum atomic E-state index is 6.40. The summed E-state index contributed by atoms with van der Waals surface area (Å²) in [7, 11) is 0. The van der Waals surface area contributed by atoms with Gasteiger partial charge in [-0.15, -0.1) is 0 Å². The van der Waals surface area contributed by atoms with Crippen LogP contribution in [-0.2, 0) is 0 Å². The summed E-state index contributed by atoms with van der Waals surface area (Å²) in [5.41, 5.74) is 7.65. The molecule has 0 aliphatic carbocycles. The Bertz CT molecular complexity index is 745. The van der Waals surface area contributed by atoms with E-state index in [1.807, 2.05) is 42.5 Å². The van der Waals surface area contributed by atoms with Crippen LogP contribution in [0.3, 0.4) is 0 Å². The lowest BCUT2D eigenvalue weighted by Gasteiger charge is -2.33. The Morgan fingerprint density at radius 3 is 2.50 bits per heavy atom. The largest absolute Gasteiger partial charge is 0.493 e. The van der Waals surface area contributed by atoms with E-state index in [2.05, 4.69) is 46.8 Å². The molecule has 0 bridgehead atoms. The first-order valence-corrected chi connectivity index (χ1v) is 9.00. The highest BCUT2D eigenvalue weighted by Crippen LogP contribution is 2.19. The molecular weight excluding hydrogens is 324 g/mol. The molecule has 0 saturated carbocycles. The van der Waals surface area contributed by atoms with Crippen LogP contribution in [-0.4, -0.2) is 18.6 Å². The van der Waals surface area contributed by atoms with Gasteiger partial charge in [0.25, 0.3) is 0 Å². The fraction of sp³-hybridized carbons (Fsp3) is 0.286. The van der Waals surface area contributed by atoms with Gasteiger partial charge >= 0.3 is 0 Å². The van der Waals surface area contributed by atoms with E-state index in [4.69, 9.17) is 10.5 Å². The molecule has 136 valence electrons. The lowest BCUT2D eigenvalue weighted by Crippen LogP contribution is -2.55. The van der Waals surface area contributed by atoms with Crippen molar-refractivity contribution in [1.82, 2.24) is 10.6 Å². The van der Waals surface area contributed by atoms with Gasteiger partial charge < -0.3 is 15.4 Å². The standard InChI is InChI=1S/C21H26N4O/c1-2-19(17-9-5-3-6-10-17)24-20-13-15-23-21(22,25-20)14-16-26-18-11-7-4-8-12-18/h3-13,15,19,24-25H,2,14,16,22H2,1H3/t19-,21?/m0/s1. The molecule has 0 saturated heterocycles. The van der Waals surface area contributed by atoms with Crippen LogP contribution < -0.4 is 21.1 Å². The van der Waals surface area contributed by atoms with E-state index in [0.29, 0.717) is 13.0 Å². The smallest absolute Gasteiger partial charge is 0.186 e. The number of benzene rings is 2. The number of nitrogens with one attached hydrogen (secondary N) is 2. The monoisotopic (exact) mass is 350 g/mol. The lowest BCUT2D eigenvalue weighted by molar-refractivity contribution is 0.238. The van der Waals surface area contributed by atoms with Gasteiger partial charge in [-0.2, -0.15) is 0 Å². The summed E-state index contributed by atoms with van der Waals surface area (Å²) in [6.07, 6.45) is 5.18. The van der Waals surface area contributed by atoms with Crippen LogP contribution in [0.1, 0.15) is 31.4 Å². The summed E-state index contributed by atoms with van der Waals surface area (Å²) >= 11 is 0. The Kier molecular flexibility index (Phi) is 5.92. The number of rotatable bonds is 8. The van der Waals surface area contributed by atoms with Crippen molar-refractivity contribution in [2.24, 2.45) is 10.7 Å². The van der Waals surface area contributed by atoms with E-state index in [9.17, 15) is 0 Å². The molecule has 0 aromatic heterocycles. The fourth-order valence-electron chi connectivity index (χ4n) is 2.90. The molecule has 26 heavy (non-hydrogen) atoms. The molecule has 3 rings (SSSR count). The Labute approximate surface area is 155 Å². The van der Waals surface area contributed by atoms with Gasteiger partial charge in [-0.05, 0) is 30.2 Å². The topological polar surface area (TPSA) is 71.7 Å². The predicted molar refractivity (Wildman–Crippen MR) is 106 cm³/mol. The number of aliphatic imine (C=N–C) groups is 1. The van der Waals surface area contributed by atoms with Gasteiger partial charge in [-0.1, -0.05) is 55.5 Å². The second kappa shape index (κ2) is 8.54. The van der Waals surface area contributed by atoms with Crippen LogP contribution in [0.2, 0.25) is 0 Å². The van der Waals surface area contributed by atoms with Crippen molar-refractivity contribution in [3.05, 3.63) is 78.1 Å². The van der Waals surface area contributed by atoms with E-state index in [0.717, 1.165) is 18.0 Å². The summed E-state index contributed by atoms with van der Waals surface area (Å²) in [5, 5.41) is 6.82. The molecule has 0 radical (unpaired) electrons. The summed E-state index contributed by atoms with van der Waals surface area (Å²) < 4.78 is 5.75. The summed E-state index contributed by atoms with van der Waals surface area (Å²) in [6.45, 7) is 2.64. The van der Waals surface area contributed by atoms with E-state index >= 15 is 0 Å². The van der Waals surface area contributed by atoms with Crippen LogP contribution in [0.5, 0.6) is 5.75 Å². The zero-order valence-corrected chi connectivity index (χ0v) is 15.1. The zero-order chi connectivity index (χ0) is 18.2. The quantitative estimate of drug-likeness (QED) is 0.683. The second-order valence-electron chi connectivity index (χ2n) is 6.34. The first-order valence-electron chi connectivity index (χ1n) is 9.00. The van der Waals surface area contributed by atoms with E-state index < -0.39 is 5.79 Å². The minimum absolute atomic E-state index is 0.214. The van der Waals surface area contributed by atoms with Crippen molar-refractivity contribution >= 4 is 6.21 Å². The maximum Gasteiger partial charge on any atom is 0.186 e. The first kappa shape index (κ1) is 18.0. The minimum Gasteiger partial charge on any atom is -0.493 e. The Morgan fingerprint density at radius 2 is 1.81 bits per heavy atom. The van der Waals surface area contributed by atoms with Crippen molar-refractivity contribution in [2.45, 2.75) is 31.6 Å². The fourth-order valence-corrected chi connectivity index (χ4v) is 2.90. The normalized spacial score (nSPS) is 20.0. The highest BCUT2D eigenvalue weighted by molar-refractivity contribution is 5.73. The maximum absolute atomic E-state index is 6.40. The average Bonchev–Trinajstić information content (AvgIpc) is 2.67. The second-order valence-corrected chi connectivity index (χ2v) is 6.34. The highest BCUT2D eigenvalue weighted by Gasteiger charge is 2.27. The number of allylic oxidation sites excluding steroid dienone is 1. The van der Waals surface area contributed by atoms with Crippen LogP contribution in [0, 0.1) is 0 Å². The molecule has 2 aromatic rings. The summed E-state index contributed by atoms with van der Waals surface area (Å²) in [4.78, 5) is 4.39. The number of hydrogen-bond donors (Lipinski definition) is 3. The third-order valence-corrected chi connectivity index (χ3v) is 4.33. The van der Waals surface area contributed by atoms with Gasteiger partial charge in [0.1, 0.15) is 11.6 Å². The third kappa shape index (κ3) is 4.86. The molecule has 1 aliphatic heterocycles. The molecule has 5 nitrogen and oxygen atoms in total. The lowest BCUT2D eigenvalue weighted by atomic mass is 10.0. The van der Waals surface area contributed by atoms with Crippen molar-refractivity contribution in [3.63, 3.8) is 0 Å². The van der Waals surface area contributed by atoms with Crippen LogP contribution >= 0.6 is 0 Å². The van der Waals surface area contributed by atoms with Crippen LogP contribution in [0.4, 0.5) is 0 Å². The summed E-state index contributed by atoms with van der Waals surface area (Å²) in [6, 6.07) is 20.3. The van der Waals surface area contributed by atoms with Crippen LogP contribution in [0.25, 0.3) is 0 Å². The van der Waals surface area contributed by atoms with Gasteiger partial charge in [0, 0.05) is 12.6 Å². The zero-order valence-electron chi connectivity index (χ0n) is 15.1. The van der Waals surface area contributed by atoms with Crippen LogP contribution in [0.15, 0.2) is 77.6 Å². The van der Waals surface area contributed by atoms with Crippen molar-refractivity contribution in [1.29, 1.82) is 0 Å². The molecular formula is C21H26N4O. The summed E-state index contributed by atoms with van der Waals surface area (Å²) in [5.74, 6) is 0.832. The minimum atomic E-state index is -0.874. The van der Waals surface area contributed by atoms with Gasteiger partial charge in [-0.3, -0.25) is 10.7 Å². The molecule has 4 N–H and O–H groups in total. The molecule has 0 spiro atoms. The Hall–Kier alpha value is -2.79. The molecule has 5 heteroatoms. The van der Waals surface area contributed by atoms with Crippen molar-refractivity contribution in [3.8, 4) is 5.75 Å². The number of ether oxygens (including phenoxy) is 1. The molecule has 0 amide bonds. The van der Waals surface area contributed by atoms with Gasteiger partial charge in [-0.25, -0.2) is 0 Å². The van der Waals surface area contributed by atoms with Crippen molar-refractivity contribution < 1.29 is 4.74 Å². The number of nitrogens with two attached hydrogens (primary N) is 1. The molecule has 0 fully saturated rings. The van der Waals surface area contributed by atoms with E-state index in [1.54, 1.807) is 6.21 Å². The van der Waals surface area contributed by atoms with Gasteiger partial charge in [0.15, 0.2) is 5.79 Å². The molecule has 2 atom stereocenters. The number of hydrogen-bond acceptors (Lipinski definition) is 5. The predicted octanol–water partition coefficient (Wildman–Crippen LogP) is 3.32. The molecule has 1 unspecified atom stereocenters. The Balaban J connectivity index is 1.56. The molecule has 2 aromatic carbocycles. The third-order valence-electron chi connectivity index (χ3n) is 4.33. The van der Waals surface area contributed by atoms with E-state index in [1.165, 1.54) is 5.56 Å². The SMILES string of the molecule is CC[C@H](NC1=CC=NC(N)(CCOc2ccccc2)N1)c1ccccc1. The first-order chi connectivity index (χ1) is 12.7. The van der Waals surface area contributed by atoms with E-state index in [-0.39, 0.29) is 6.04 Å². The average molecular weight is 350 g/mol. The number of nitrogens with zero attached hydrogens (tertiary/aromatic N) is 1. The van der Waals surface area contributed by atoms with Gasteiger partial charge in [0.2, 0.25) is 0 Å². The Morgan fingerprint density at radius 1 is 1.12 bits per heavy atom. The molecule has 1 heterocycles. The highest BCUT2D eigenvalue weighted by atomic mass is 16.5. The molecule has 1 aliphatic rings. The van der Waals surface area contributed by atoms with Crippen molar-refractivity contribution in [2.75, 3.05) is 6.61 Å².